The predicted octanol–water partition coefficient (Wildman–Crippen LogP) is 5.62. The van der Waals surface area contributed by atoms with Gasteiger partial charge in [-0.3, -0.25) is 24.6 Å². The van der Waals surface area contributed by atoms with Crippen molar-refractivity contribution in [1.82, 2.24) is 4.90 Å². The molecule has 0 saturated carbocycles. The molecule has 2 heterocycles. The fourth-order valence-electron chi connectivity index (χ4n) is 2.97. The molecule has 1 aromatic heterocycles. The second-order valence-electron chi connectivity index (χ2n) is 6.65. The van der Waals surface area contributed by atoms with Gasteiger partial charge < -0.3 is 9.15 Å². The largest absolute Gasteiger partial charge is 0.492 e. The molecule has 0 bridgehead atoms. The maximum atomic E-state index is 12.6. The van der Waals surface area contributed by atoms with Crippen LogP contribution in [0.25, 0.3) is 17.4 Å². The molecule has 1 fully saturated rings. The topological polar surface area (TPSA) is 103 Å². The average Bonchev–Trinajstić information content (AvgIpc) is 3.35. The normalized spacial score (nSPS) is 14.9. The van der Waals surface area contributed by atoms with Crippen molar-refractivity contribution in [2.75, 3.05) is 13.2 Å². The molecular weight excluding hydrogens is 456 g/mol. The number of halogens is 1. The Morgan fingerprint density at radius 2 is 1.91 bits per heavy atom. The first kappa shape index (κ1) is 21.7. The summed E-state index contributed by atoms with van der Waals surface area (Å²) in [4.78, 5) is 36.7. The smallest absolute Gasteiger partial charge is 0.293 e. The zero-order valence-corrected chi connectivity index (χ0v) is 18.0. The van der Waals surface area contributed by atoms with E-state index in [2.05, 4.69) is 0 Å². The summed E-state index contributed by atoms with van der Waals surface area (Å²) in [6, 6.07) is 16.1. The molecule has 3 aromatic rings. The first-order valence-electron chi connectivity index (χ1n) is 9.39. The number of carbonyl (C=O) groups is 2. The van der Waals surface area contributed by atoms with Gasteiger partial charge >= 0.3 is 0 Å². The molecule has 162 valence electrons. The Labute approximate surface area is 191 Å². The number of benzene rings is 2. The maximum absolute atomic E-state index is 12.6. The number of nitrogens with zero attached hydrogens (tertiary/aromatic N) is 2. The number of hydrogen-bond acceptors (Lipinski definition) is 7. The number of imide groups is 1. The molecular formula is C22H15ClN2O6S. The Hall–Kier alpha value is -3.56. The molecule has 0 aliphatic carbocycles. The number of amides is 2. The molecule has 4 rings (SSSR count). The fourth-order valence-corrected chi connectivity index (χ4v) is 3.94. The number of non-ortho nitro benzene ring substituents is 1. The van der Waals surface area contributed by atoms with Crippen molar-refractivity contribution in [3.63, 3.8) is 0 Å². The number of nitro benzene ring substituents is 1. The van der Waals surface area contributed by atoms with E-state index < -0.39 is 16.1 Å². The van der Waals surface area contributed by atoms with E-state index in [0.29, 0.717) is 27.9 Å². The van der Waals surface area contributed by atoms with Gasteiger partial charge in [0.05, 0.1) is 16.4 Å². The molecule has 8 nitrogen and oxygen atoms in total. The SMILES string of the molecule is O=C1S/C(=C\c2ccc(-c3cccc([N+](=O)[O-])c3)o2)C(=O)N1CCOc1ccc(Cl)cc1. The van der Waals surface area contributed by atoms with E-state index in [1.165, 1.54) is 18.2 Å². The molecule has 0 N–H and O–H groups in total. The molecule has 0 spiro atoms. The van der Waals surface area contributed by atoms with Crippen LogP contribution in [0.3, 0.4) is 0 Å². The lowest BCUT2D eigenvalue weighted by Gasteiger charge is -2.13. The van der Waals surface area contributed by atoms with E-state index in [-0.39, 0.29) is 23.7 Å². The van der Waals surface area contributed by atoms with Crippen LogP contribution in [0, 0.1) is 10.1 Å². The minimum atomic E-state index is -0.486. The zero-order chi connectivity index (χ0) is 22.7. The van der Waals surface area contributed by atoms with Gasteiger partial charge in [0, 0.05) is 28.8 Å². The Balaban J connectivity index is 1.42. The minimum absolute atomic E-state index is 0.0533. The summed E-state index contributed by atoms with van der Waals surface area (Å²) in [5.74, 6) is 0.916. The monoisotopic (exact) mass is 470 g/mol. The van der Waals surface area contributed by atoms with Gasteiger partial charge in [0.15, 0.2) is 0 Å². The fraction of sp³-hybridized carbons (Fsp3) is 0.0909. The molecule has 2 amide bonds. The van der Waals surface area contributed by atoms with Crippen molar-refractivity contribution in [1.29, 1.82) is 0 Å². The van der Waals surface area contributed by atoms with Gasteiger partial charge in [-0.25, -0.2) is 0 Å². The summed E-state index contributed by atoms with van der Waals surface area (Å²) in [5, 5.41) is 11.1. The van der Waals surface area contributed by atoms with Crippen LogP contribution in [-0.4, -0.2) is 34.1 Å². The number of nitro groups is 1. The van der Waals surface area contributed by atoms with Crippen LogP contribution in [0.2, 0.25) is 5.02 Å². The lowest BCUT2D eigenvalue weighted by molar-refractivity contribution is -0.384. The Kier molecular flexibility index (Phi) is 6.29. The van der Waals surface area contributed by atoms with Gasteiger partial charge in [0.2, 0.25) is 0 Å². The number of ether oxygens (including phenoxy) is 1. The highest BCUT2D eigenvalue weighted by molar-refractivity contribution is 8.18. The molecule has 0 radical (unpaired) electrons. The molecule has 0 unspecified atom stereocenters. The molecule has 1 saturated heterocycles. The van der Waals surface area contributed by atoms with Gasteiger partial charge in [-0.2, -0.15) is 0 Å². The third-order valence-corrected chi connectivity index (χ3v) is 5.67. The van der Waals surface area contributed by atoms with Crippen LogP contribution in [0.5, 0.6) is 5.75 Å². The quantitative estimate of drug-likeness (QED) is 0.250. The van der Waals surface area contributed by atoms with Crippen molar-refractivity contribution < 1.29 is 23.7 Å². The van der Waals surface area contributed by atoms with Crippen molar-refractivity contribution >= 4 is 46.3 Å². The zero-order valence-electron chi connectivity index (χ0n) is 16.4. The number of furan rings is 1. The highest BCUT2D eigenvalue weighted by Gasteiger charge is 2.35. The molecule has 2 aromatic carbocycles. The molecule has 1 aliphatic heterocycles. The first-order valence-corrected chi connectivity index (χ1v) is 10.6. The lowest BCUT2D eigenvalue weighted by atomic mass is 10.1. The summed E-state index contributed by atoms with van der Waals surface area (Å²) in [6.45, 7) is 0.242. The van der Waals surface area contributed by atoms with Crippen LogP contribution < -0.4 is 4.74 Å². The second-order valence-corrected chi connectivity index (χ2v) is 8.07. The van der Waals surface area contributed by atoms with Gasteiger partial charge in [-0.15, -0.1) is 0 Å². The highest BCUT2D eigenvalue weighted by Crippen LogP contribution is 2.33. The summed E-state index contributed by atoms with van der Waals surface area (Å²) in [7, 11) is 0. The van der Waals surface area contributed by atoms with E-state index in [4.69, 9.17) is 20.8 Å². The Morgan fingerprint density at radius 3 is 2.66 bits per heavy atom. The van der Waals surface area contributed by atoms with Crippen molar-refractivity contribution in [3.8, 4) is 17.1 Å². The third kappa shape index (κ3) is 4.84. The van der Waals surface area contributed by atoms with Crippen LogP contribution in [0.4, 0.5) is 10.5 Å². The van der Waals surface area contributed by atoms with Crippen molar-refractivity contribution in [2.45, 2.75) is 0 Å². The van der Waals surface area contributed by atoms with Gasteiger partial charge in [-0.1, -0.05) is 23.7 Å². The number of thioether (sulfide) groups is 1. The first-order chi connectivity index (χ1) is 15.4. The van der Waals surface area contributed by atoms with Crippen LogP contribution in [0.1, 0.15) is 5.76 Å². The van der Waals surface area contributed by atoms with Crippen LogP contribution in [0.15, 0.2) is 70.0 Å². The highest BCUT2D eigenvalue weighted by atomic mass is 35.5. The number of hydrogen-bond donors (Lipinski definition) is 0. The summed E-state index contributed by atoms with van der Waals surface area (Å²) in [6.07, 6.45) is 1.48. The molecule has 32 heavy (non-hydrogen) atoms. The van der Waals surface area contributed by atoms with Gasteiger partial charge in [-0.05, 0) is 48.2 Å². The average molecular weight is 471 g/mol. The van der Waals surface area contributed by atoms with E-state index in [0.717, 1.165) is 16.7 Å². The van der Waals surface area contributed by atoms with Crippen LogP contribution >= 0.6 is 23.4 Å². The van der Waals surface area contributed by atoms with Gasteiger partial charge in [0.1, 0.15) is 23.9 Å². The maximum Gasteiger partial charge on any atom is 0.293 e. The Morgan fingerprint density at radius 1 is 1.12 bits per heavy atom. The summed E-state index contributed by atoms with van der Waals surface area (Å²) >= 11 is 6.64. The Bertz CT molecular complexity index is 1220. The molecule has 0 atom stereocenters. The van der Waals surface area contributed by atoms with Crippen molar-refractivity contribution in [3.05, 3.63) is 86.5 Å². The number of rotatable bonds is 7. The van der Waals surface area contributed by atoms with E-state index >= 15 is 0 Å². The van der Waals surface area contributed by atoms with E-state index in [9.17, 15) is 19.7 Å². The van der Waals surface area contributed by atoms with E-state index in [1.54, 1.807) is 48.5 Å². The van der Waals surface area contributed by atoms with E-state index in [1.807, 2.05) is 0 Å². The number of carbonyl (C=O) groups excluding carboxylic acids is 2. The van der Waals surface area contributed by atoms with Crippen LogP contribution in [-0.2, 0) is 4.79 Å². The molecule has 1 aliphatic rings. The lowest BCUT2D eigenvalue weighted by Crippen LogP contribution is -2.32. The minimum Gasteiger partial charge on any atom is -0.492 e. The summed E-state index contributed by atoms with van der Waals surface area (Å²) in [5.41, 5.74) is 0.480. The third-order valence-electron chi connectivity index (χ3n) is 4.51. The predicted molar refractivity (Wildman–Crippen MR) is 120 cm³/mol. The van der Waals surface area contributed by atoms with Gasteiger partial charge in [0.25, 0.3) is 16.8 Å². The molecule has 10 heteroatoms. The van der Waals surface area contributed by atoms with Crippen molar-refractivity contribution in [2.24, 2.45) is 0 Å². The standard InChI is InChI=1S/C22H15ClN2O6S/c23-15-4-6-17(7-5-15)30-11-10-24-21(26)20(32-22(24)27)13-18-8-9-19(31-18)14-2-1-3-16(12-14)25(28)29/h1-9,12-13H,10-11H2/b20-13-. The second kappa shape index (κ2) is 9.29. The summed E-state index contributed by atoms with van der Waals surface area (Å²) < 4.78 is 11.3.